The monoisotopic (exact) mass is 418 g/mol. The number of fused-ring (bicyclic) bond motifs is 1. The number of ether oxygens (including phenoxy) is 2. The van der Waals surface area contributed by atoms with Gasteiger partial charge in [0.05, 0.1) is 11.6 Å². The standard InChI is InChI=1S/C23H15FN2O5/c24-15-4-1-5-16(10-15)26-20(14-3-2-8-25-11-14)19(22(28)23(26)29)21(27)13-6-7-17-18(9-13)31-12-30-17/h1-11,20,27H,12H2/b21-19-. The quantitative estimate of drug-likeness (QED) is 0.397. The predicted octanol–water partition coefficient (Wildman–Crippen LogP) is 3.58. The van der Waals surface area contributed by atoms with Crippen LogP contribution in [0.3, 0.4) is 0 Å². The van der Waals surface area contributed by atoms with Crippen LogP contribution in [0.15, 0.2) is 72.6 Å². The minimum atomic E-state index is -0.985. The maximum Gasteiger partial charge on any atom is 0.300 e. The molecule has 0 radical (unpaired) electrons. The SMILES string of the molecule is O=C1C(=O)N(c2cccc(F)c2)C(c2cccnc2)/C1=C(/O)c1ccc2c(c1)OCO2. The highest BCUT2D eigenvalue weighted by molar-refractivity contribution is 6.51. The molecule has 2 aliphatic rings. The summed E-state index contributed by atoms with van der Waals surface area (Å²) in [5.74, 6) is -1.75. The summed E-state index contributed by atoms with van der Waals surface area (Å²) in [5.41, 5.74) is 0.852. The maximum atomic E-state index is 13.9. The van der Waals surface area contributed by atoms with Crippen molar-refractivity contribution in [1.82, 2.24) is 4.98 Å². The average Bonchev–Trinajstić information content (AvgIpc) is 3.36. The number of aliphatic hydroxyl groups excluding tert-OH is 1. The highest BCUT2D eigenvalue weighted by Gasteiger charge is 2.47. The molecule has 8 heteroatoms. The second kappa shape index (κ2) is 7.24. The van der Waals surface area contributed by atoms with Crippen molar-refractivity contribution in [3.05, 3.63) is 89.5 Å². The summed E-state index contributed by atoms with van der Waals surface area (Å²) in [6, 6.07) is 12.4. The Kier molecular flexibility index (Phi) is 4.39. The fourth-order valence-corrected chi connectivity index (χ4v) is 3.78. The Bertz CT molecular complexity index is 1240. The first kappa shape index (κ1) is 18.8. The molecule has 0 bridgehead atoms. The number of hydrogen-bond donors (Lipinski definition) is 1. The largest absolute Gasteiger partial charge is 0.507 e. The van der Waals surface area contributed by atoms with Crippen LogP contribution in [0.25, 0.3) is 5.76 Å². The van der Waals surface area contributed by atoms with Gasteiger partial charge in [0.15, 0.2) is 11.5 Å². The lowest BCUT2D eigenvalue weighted by Crippen LogP contribution is -2.29. The molecule has 3 heterocycles. The Morgan fingerprint density at radius 1 is 1.06 bits per heavy atom. The molecule has 1 saturated heterocycles. The van der Waals surface area contributed by atoms with Gasteiger partial charge in [0.1, 0.15) is 11.6 Å². The number of ketones is 1. The number of halogens is 1. The Morgan fingerprint density at radius 2 is 1.90 bits per heavy atom. The molecular weight excluding hydrogens is 403 g/mol. The van der Waals surface area contributed by atoms with Crippen molar-refractivity contribution in [3.63, 3.8) is 0 Å². The third-order valence-corrected chi connectivity index (χ3v) is 5.18. The number of amides is 1. The maximum absolute atomic E-state index is 13.9. The van der Waals surface area contributed by atoms with E-state index in [1.807, 2.05) is 0 Å². The molecule has 154 valence electrons. The zero-order valence-corrected chi connectivity index (χ0v) is 16.0. The summed E-state index contributed by atoms with van der Waals surface area (Å²) in [5, 5.41) is 11.1. The molecule has 1 amide bonds. The van der Waals surface area contributed by atoms with Crippen molar-refractivity contribution in [1.29, 1.82) is 0 Å². The van der Waals surface area contributed by atoms with Gasteiger partial charge in [-0.3, -0.25) is 19.5 Å². The van der Waals surface area contributed by atoms with Crippen LogP contribution in [0.5, 0.6) is 11.5 Å². The molecule has 0 saturated carbocycles. The van der Waals surface area contributed by atoms with Gasteiger partial charge in [-0.05, 0) is 48.0 Å². The van der Waals surface area contributed by atoms with Gasteiger partial charge in [-0.15, -0.1) is 0 Å². The second-order valence-electron chi connectivity index (χ2n) is 7.00. The smallest absolute Gasteiger partial charge is 0.300 e. The van der Waals surface area contributed by atoms with E-state index in [4.69, 9.17) is 9.47 Å². The van der Waals surface area contributed by atoms with Crippen molar-refractivity contribution in [2.24, 2.45) is 0 Å². The number of carbonyl (C=O) groups is 2. The van der Waals surface area contributed by atoms with Gasteiger partial charge < -0.3 is 14.6 Å². The molecule has 5 rings (SSSR count). The van der Waals surface area contributed by atoms with Gasteiger partial charge in [0, 0.05) is 23.6 Å². The molecule has 1 fully saturated rings. The highest BCUT2D eigenvalue weighted by Crippen LogP contribution is 2.43. The first-order valence-electron chi connectivity index (χ1n) is 9.41. The molecule has 2 aliphatic heterocycles. The molecule has 1 aromatic heterocycles. The summed E-state index contributed by atoms with van der Waals surface area (Å²) < 4.78 is 24.5. The molecule has 7 nitrogen and oxygen atoms in total. The van der Waals surface area contributed by atoms with Crippen LogP contribution in [0.2, 0.25) is 0 Å². The number of aliphatic hydroxyl groups is 1. The first-order valence-corrected chi connectivity index (χ1v) is 9.41. The van der Waals surface area contributed by atoms with Gasteiger partial charge >= 0.3 is 0 Å². The van der Waals surface area contributed by atoms with E-state index in [9.17, 15) is 19.1 Å². The number of rotatable bonds is 3. The Hall–Kier alpha value is -4.20. The lowest BCUT2D eigenvalue weighted by atomic mass is 9.96. The van der Waals surface area contributed by atoms with Crippen molar-refractivity contribution in [2.45, 2.75) is 6.04 Å². The number of anilines is 1. The predicted molar refractivity (Wildman–Crippen MR) is 108 cm³/mol. The van der Waals surface area contributed by atoms with Crippen molar-refractivity contribution in [3.8, 4) is 11.5 Å². The third kappa shape index (κ3) is 3.09. The van der Waals surface area contributed by atoms with Crippen LogP contribution >= 0.6 is 0 Å². The van der Waals surface area contributed by atoms with E-state index in [0.29, 0.717) is 17.1 Å². The Morgan fingerprint density at radius 3 is 2.68 bits per heavy atom. The normalized spacial score (nSPS) is 19.1. The zero-order chi connectivity index (χ0) is 21.5. The topological polar surface area (TPSA) is 89.0 Å². The van der Waals surface area contributed by atoms with E-state index in [-0.39, 0.29) is 29.4 Å². The molecule has 3 aromatic rings. The van der Waals surface area contributed by atoms with Crippen LogP contribution in [-0.2, 0) is 9.59 Å². The van der Waals surface area contributed by atoms with Crippen molar-refractivity contribution < 1.29 is 28.6 Å². The Labute approximate surface area is 176 Å². The van der Waals surface area contributed by atoms with Crippen LogP contribution < -0.4 is 14.4 Å². The van der Waals surface area contributed by atoms with Gasteiger partial charge in [-0.25, -0.2) is 4.39 Å². The molecule has 1 N–H and O–H groups in total. The average molecular weight is 418 g/mol. The molecule has 2 aromatic carbocycles. The summed E-state index contributed by atoms with van der Waals surface area (Å²) in [6.07, 6.45) is 3.05. The van der Waals surface area contributed by atoms with Gasteiger partial charge in [0.25, 0.3) is 11.7 Å². The van der Waals surface area contributed by atoms with Gasteiger partial charge in [0.2, 0.25) is 6.79 Å². The number of hydrogen-bond acceptors (Lipinski definition) is 6. The van der Waals surface area contributed by atoms with Crippen LogP contribution in [0, 0.1) is 5.82 Å². The zero-order valence-electron chi connectivity index (χ0n) is 16.0. The van der Waals surface area contributed by atoms with E-state index in [2.05, 4.69) is 4.98 Å². The number of benzene rings is 2. The summed E-state index contributed by atoms with van der Waals surface area (Å²) in [4.78, 5) is 31.2. The minimum absolute atomic E-state index is 0.0548. The van der Waals surface area contributed by atoms with E-state index < -0.39 is 23.5 Å². The number of aromatic nitrogens is 1. The third-order valence-electron chi connectivity index (χ3n) is 5.18. The second-order valence-corrected chi connectivity index (χ2v) is 7.00. The molecule has 1 unspecified atom stereocenters. The number of carbonyl (C=O) groups excluding carboxylic acids is 2. The first-order chi connectivity index (χ1) is 15.0. The van der Waals surface area contributed by atoms with E-state index in [1.54, 1.807) is 30.5 Å². The van der Waals surface area contributed by atoms with E-state index >= 15 is 0 Å². The lowest BCUT2D eigenvalue weighted by molar-refractivity contribution is -0.132. The summed E-state index contributed by atoms with van der Waals surface area (Å²) in [7, 11) is 0. The number of Topliss-reactive ketones (excluding diaryl/α,β-unsaturated/α-hetero) is 1. The Balaban J connectivity index is 1.70. The molecule has 1 atom stereocenters. The fraction of sp³-hybridized carbons (Fsp3) is 0.0870. The fourth-order valence-electron chi connectivity index (χ4n) is 3.78. The van der Waals surface area contributed by atoms with Gasteiger partial charge in [-0.2, -0.15) is 0 Å². The summed E-state index contributed by atoms with van der Waals surface area (Å²) in [6.45, 7) is 0.0548. The highest BCUT2D eigenvalue weighted by atomic mass is 19.1. The molecule has 0 aliphatic carbocycles. The van der Waals surface area contributed by atoms with Crippen molar-refractivity contribution >= 4 is 23.1 Å². The number of pyridine rings is 1. The molecular formula is C23H15FN2O5. The molecule has 0 spiro atoms. The minimum Gasteiger partial charge on any atom is -0.507 e. The van der Waals surface area contributed by atoms with Crippen LogP contribution in [0.1, 0.15) is 17.2 Å². The molecule has 31 heavy (non-hydrogen) atoms. The number of nitrogens with zero attached hydrogens (tertiary/aromatic N) is 2. The lowest BCUT2D eigenvalue weighted by Gasteiger charge is -2.25. The van der Waals surface area contributed by atoms with E-state index in [1.165, 1.54) is 35.4 Å². The van der Waals surface area contributed by atoms with Crippen LogP contribution in [0.4, 0.5) is 10.1 Å². The van der Waals surface area contributed by atoms with Gasteiger partial charge in [-0.1, -0.05) is 12.1 Å². The van der Waals surface area contributed by atoms with Crippen LogP contribution in [-0.4, -0.2) is 28.6 Å². The summed E-state index contributed by atoms with van der Waals surface area (Å²) >= 11 is 0. The van der Waals surface area contributed by atoms with E-state index in [0.717, 1.165) is 6.07 Å². The van der Waals surface area contributed by atoms with Crippen molar-refractivity contribution in [2.75, 3.05) is 11.7 Å².